The van der Waals surface area contributed by atoms with Crippen LogP contribution in [-0.2, 0) is 19.1 Å². The number of ketones is 2. The minimum atomic E-state index is -0.453. The van der Waals surface area contributed by atoms with Gasteiger partial charge in [-0.1, -0.05) is 27.7 Å². The Balaban J connectivity index is 0.000000260. The first kappa shape index (κ1) is 23.2. The normalized spacial score (nSPS) is 46.1. The smallest absolute Gasteiger partial charge is 0.158 e. The van der Waals surface area contributed by atoms with E-state index in [0.717, 1.165) is 0 Å². The van der Waals surface area contributed by atoms with Crippen LogP contribution in [-0.4, -0.2) is 58.4 Å². The highest BCUT2D eigenvalue weighted by Crippen LogP contribution is 2.31. The lowest BCUT2D eigenvalue weighted by molar-refractivity contribution is -0.172. The number of aliphatic hydroxyl groups is 2. The van der Waals surface area contributed by atoms with Crippen molar-refractivity contribution in [3.63, 3.8) is 0 Å². The molecule has 0 radical (unpaired) electrons. The van der Waals surface area contributed by atoms with Crippen LogP contribution in [0.5, 0.6) is 0 Å². The van der Waals surface area contributed by atoms with Crippen LogP contribution in [0.2, 0.25) is 0 Å². The van der Waals surface area contributed by atoms with Crippen LogP contribution in [0.25, 0.3) is 0 Å². The fourth-order valence-electron chi connectivity index (χ4n) is 3.83. The number of rotatable bonds is 2. The predicted molar refractivity (Wildman–Crippen MR) is 98.7 cm³/mol. The number of carbonyl (C=O) groups is 2. The van der Waals surface area contributed by atoms with Gasteiger partial charge in [-0.25, -0.2) is 0 Å². The van der Waals surface area contributed by atoms with Gasteiger partial charge in [0, 0.05) is 0 Å². The molecule has 2 saturated heterocycles. The van der Waals surface area contributed by atoms with E-state index in [1.54, 1.807) is 0 Å². The maximum Gasteiger partial charge on any atom is 0.158 e. The Morgan fingerprint density at radius 2 is 0.885 bits per heavy atom. The van der Waals surface area contributed by atoms with E-state index in [0.29, 0.717) is 0 Å². The minimum absolute atomic E-state index is 0.0538. The Bertz CT molecular complexity index is 449. The van der Waals surface area contributed by atoms with Gasteiger partial charge in [0.1, 0.15) is 12.2 Å². The van der Waals surface area contributed by atoms with Crippen LogP contribution < -0.4 is 0 Å². The third-order valence-corrected chi connectivity index (χ3v) is 6.18. The Hall–Kier alpha value is -0.820. The third kappa shape index (κ3) is 5.12. The summed E-state index contributed by atoms with van der Waals surface area (Å²) in [6.45, 7) is 14.5. The molecule has 2 heterocycles. The Labute approximate surface area is 157 Å². The summed E-state index contributed by atoms with van der Waals surface area (Å²) in [5.74, 6) is 0.555. The fourth-order valence-corrected chi connectivity index (χ4v) is 3.83. The van der Waals surface area contributed by atoms with Crippen LogP contribution in [0, 0.1) is 23.7 Å². The number of aliphatic hydroxyl groups excluding tert-OH is 2. The molecule has 0 aromatic heterocycles. The molecular weight excluding hydrogens is 336 g/mol. The van der Waals surface area contributed by atoms with E-state index in [4.69, 9.17) is 9.47 Å². The van der Waals surface area contributed by atoms with Gasteiger partial charge in [-0.15, -0.1) is 0 Å². The summed E-state index contributed by atoms with van der Waals surface area (Å²) in [6, 6.07) is 0. The molecule has 2 aliphatic rings. The summed E-state index contributed by atoms with van der Waals surface area (Å²) in [5, 5.41) is 19.4. The van der Waals surface area contributed by atoms with Gasteiger partial charge in [0.2, 0.25) is 0 Å². The zero-order valence-electron chi connectivity index (χ0n) is 17.3. The van der Waals surface area contributed by atoms with Crippen LogP contribution in [0.3, 0.4) is 0 Å². The first-order valence-electron chi connectivity index (χ1n) is 9.58. The highest BCUT2D eigenvalue weighted by atomic mass is 16.5. The van der Waals surface area contributed by atoms with E-state index in [9.17, 15) is 19.8 Å². The monoisotopic (exact) mass is 372 g/mol. The van der Waals surface area contributed by atoms with Gasteiger partial charge in [-0.2, -0.15) is 0 Å². The first-order chi connectivity index (χ1) is 11.9. The van der Waals surface area contributed by atoms with E-state index < -0.39 is 12.2 Å². The first-order valence-corrected chi connectivity index (χ1v) is 9.58. The molecule has 152 valence electrons. The molecule has 2 N–H and O–H groups in total. The highest BCUT2D eigenvalue weighted by Gasteiger charge is 2.41. The number of hydrogen-bond acceptors (Lipinski definition) is 6. The summed E-state index contributed by atoms with van der Waals surface area (Å²) < 4.78 is 10.9. The molecule has 0 amide bonds. The Morgan fingerprint density at radius 1 is 0.615 bits per heavy atom. The zero-order valence-corrected chi connectivity index (χ0v) is 17.3. The minimum Gasteiger partial charge on any atom is -0.390 e. The van der Waals surface area contributed by atoms with Gasteiger partial charge in [0.25, 0.3) is 0 Å². The van der Waals surface area contributed by atoms with Crippen LogP contribution in [0.1, 0.15) is 55.4 Å². The lowest BCUT2D eigenvalue weighted by atomic mass is 9.80. The molecule has 6 heteroatoms. The Morgan fingerprint density at radius 3 is 1.12 bits per heavy atom. The summed E-state index contributed by atoms with van der Waals surface area (Å²) in [5.41, 5.74) is 0. The summed E-state index contributed by atoms with van der Waals surface area (Å²) in [4.78, 5) is 22.4. The lowest BCUT2D eigenvalue weighted by Crippen LogP contribution is -2.50. The summed E-state index contributed by atoms with van der Waals surface area (Å²) in [7, 11) is 0. The number of ether oxygens (including phenoxy) is 2. The van der Waals surface area contributed by atoms with E-state index in [1.807, 2.05) is 41.5 Å². The van der Waals surface area contributed by atoms with Gasteiger partial charge in [-0.3, -0.25) is 9.59 Å². The molecule has 0 aromatic carbocycles. The molecule has 26 heavy (non-hydrogen) atoms. The van der Waals surface area contributed by atoms with Gasteiger partial charge < -0.3 is 19.7 Å². The maximum absolute atomic E-state index is 11.2. The fraction of sp³-hybridized carbons (Fsp3) is 0.900. The molecule has 2 rings (SSSR count). The predicted octanol–water partition coefficient (Wildman–Crippen LogP) is 1.99. The standard InChI is InChI=1S/2C10H18O3/c2*1-5-6(2)10(7(3)11)13-8(4)9(5)12/h2*5-6,8-10,12H,1-4H3. The van der Waals surface area contributed by atoms with Crippen molar-refractivity contribution >= 4 is 11.6 Å². The largest absolute Gasteiger partial charge is 0.390 e. The third-order valence-electron chi connectivity index (χ3n) is 6.18. The number of hydrogen-bond donors (Lipinski definition) is 2. The van der Waals surface area contributed by atoms with Crippen molar-refractivity contribution in [2.45, 2.75) is 92.0 Å². The van der Waals surface area contributed by atoms with Crippen molar-refractivity contribution < 1.29 is 29.3 Å². The molecular formula is C20H36O6. The molecule has 0 aliphatic carbocycles. The zero-order chi connectivity index (χ0) is 20.3. The van der Waals surface area contributed by atoms with Crippen molar-refractivity contribution in [1.82, 2.24) is 0 Å². The molecule has 0 aromatic rings. The second-order valence-corrected chi connectivity index (χ2v) is 8.16. The lowest BCUT2D eigenvalue weighted by Gasteiger charge is -2.40. The number of carbonyl (C=O) groups excluding carboxylic acids is 2. The molecule has 0 spiro atoms. The van der Waals surface area contributed by atoms with Crippen molar-refractivity contribution in [1.29, 1.82) is 0 Å². The van der Waals surface area contributed by atoms with E-state index >= 15 is 0 Å². The second-order valence-electron chi connectivity index (χ2n) is 8.16. The summed E-state index contributed by atoms with van der Waals surface area (Å²) >= 11 is 0. The van der Waals surface area contributed by atoms with Crippen LogP contribution in [0.4, 0.5) is 0 Å². The van der Waals surface area contributed by atoms with Gasteiger partial charge >= 0.3 is 0 Å². The quantitative estimate of drug-likeness (QED) is 0.770. The second kappa shape index (κ2) is 9.40. The van der Waals surface area contributed by atoms with Crippen molar-refractivity contribution in [3.8, 4) is 0 Å². The van der Waals surface area contributed by atoms with Crippen LogP contribution >= 0.6 is 0 Å². The number of Topliss-reactive ketones (excluding diaryl/α,β-unsaturated/α-hetero) is 2. The highest BCUT2D eigenvalue weighted by molar-refractivity contribution is 5.81. The van der Waals surface area contributed by atoms with Gasteiger partial charge in [-0.05, 0) is 51.4 Å². The van der Waals surface area contributed by atoms with Crippen molar-refractivity contribution in [2.24, 2.45) is 23.7 Å². The molecule has 0 saturated carbocycles. The van der Waals surface area contributed by atoms with Crippen molar-refractivity contribution in [3.05, 3.63) is 0 Å². The topological polar surface area (TPSA) is 93.1 Å². The average molecular weight is 373 g/mol. The molecule has 10 unspecified atom stereocenters. The summed E-state index contributed by atoms with van der Waals surface area (Å²) in [6.07, 6.45) is -2.06. The van der Waals surface area contributed by atoms with Gasteiger partial charge in [0.15, 0.2) is 11.6 Å². The van der Waals surface area contributed by atoms with Crippen LogP contribution in [0.15, 0.2) is 0 Å². The molecule has 2 aliphatic heterocycles. The maximum atomic E-state index is 11.2. The van der Waals surface area contributed by atoms with E-state index in [1.165, 1.54) is 13.8 Å². The SMILES string of the molecule is CC(=O)C1OC(C)C(O)C(C)C1C.CC(=O)C1OC(C)C(O)C(C)C1C. The van der Waals surface area contributed by atoms with Gasteiger partial charge in [0.05, 0.1) is 24.4 Å². The van der Waals surface area contributed by atoms with Crippen molar-refractivity contribution in [2.75, 3.05) is 0 Å². The Kier molecular flexibility index (Phi) is 8.39. The molecule has 6 nitrogen and oxygen atoms in total. The van der Waals surface area contributed by atoms with E-state index in [-0.39, 0.29) is 59.7 Å². The molecule has 10 atom stereocenters. The van der Waals surface area contributed by atoms with E-state index in [2.05, 4.69) is 0 Å². The average Bonchev–Trinajstić information content (AvgIpc) is 2.57. The molecule has 2 fully saturated rings. The molecule has 0 bridgehead atoms.